The molecule has 1 amide bonds. The molecular formula is C27H31FN2O4. The third-order valence-corrected chi connectivity index (χ3v) is 7.53. The summed E-state index contributed by atoms with van der Waals surface area (Å²) in [5.41, 5.74) is 1.05. The minimum absolute atomic E-state index is 0.0743. The van der Waals surface area contributed by atoms with Gasteiger partial charge in [-0.15, -0.1) is 0 Å². The van der Waals surface area contributed by atoms with Gasteiger partial charge in [-0.25, -0.2) is 4.39 Å². The fourth-order valence-electron chi connectivity index (χ4n) is 5.66. The van der Waals surface area contributed by atoms with Crippen LogP contribution in [0.4, 0.5) is 4.39 Å². The molecule has 1 aromatic heterocycles. The van der Waals surface area contributed by atoms with E-state index in [2.05, 4.69) is 24.1 Å². The van der Waals surface area contributed by atoms with Gasteiger partial charge in [0.1, 0.15) is 11.9 Å². The van der Waals surface area contributed by atoms with Crippen LogP contribution in [0.15, 0.2) is 48.7 Å². The summed E-state index contributed by atoms with van der Waals surface area (Å²) < 4.78 is 19.2. The third kappa shape index (κ3) is 4.25. The molecule has 180 valence electrons. The van der Waals surface area contributed by atoms with Crippen LogP contribution in [-0.4, -0.2) is 41.2 Å². The number of nitrogens with zero attached hydrogens (tertiary/aromatic N) is 1. The first kappa shape index (κ1) is 24.1. The number of carbonyl (C=O) groups excluding carboxylic acids is 2. The van der Waals surface area contributed by atoms with Gasteiger partial charge in [-0.05, 0) is 60.9 Å². The van der Waals surface area contributed by atoms with Crippen molar-refractivity contribution in [2.75, 3.05) is 13.2 Å². The Morgan fingerprint density at radius 1 is 1.26 bits per heavy atom. The zero-order chi connectivity index (χ0) is 24.5. The molecule has 4 rings (SSSR count). The maximum atomic E-state index is 13.5. The highest BCUT2D eigenvalue weighted by Crippen LogP contribution is 2.56. The summed E-state index contributed by atoms with van der Waals surface area (Å²) in [6, 6.07) is 10.1. The number of pyridine rings is 1. The van der Waals surface area contributed by atoms with Gasteiger partial charge >= 0.3 is 5.97 Å². The standard InChI is InChI=1S/C27H31FN2O4/c1-16-14-27(25(32)29-11-12-31)24(18(3)34-26(27)33)23(17(16)2)10-9-22-8-7-20(15-30-22)19-5-4-6-21(28)13-19/h4-10,13,15-18,23-24,31H,11-12,14H2,1-3H3,(H,29,32)/t16-,17+,18+,23?,24-,27+/m0/s1. The molecule has 6 nitrogen and oxygen atoms in total. The molecule has 1 saturated carbocycles. The average Bonchev–Trinajstić information content (AvgIpc) is 3.08. The number of amides is 1. The molecule has 2 aliphatic rings. The van der Waals surface area contributed by atoms with Gasteiger partial charge in [0, 0.05) is 24.2 Å². The lowest BCUT2D eigenvalue weighted by atomic mass is 9.54. The number of hydrogen-bond acceptors (Lipinski definition) is 5. The van der Waals surface area contributed by atoms with Gasteiger partial charge in [-0.3, -0.25) is 14.6 Å². The smallest absolute Gasteiger partial charge is 0.322 e. The maximum absolute atomic E-state index is 13.5. The zero-order valence-electron chi connectivity index (χ0n) is 19.7. The van der Waals surface area contributed by atoms with Crippen molar-refractivity contribution in [1.29, 1.82) is 0 Å². The van der Waals surface area contributed by atoms with Crippen LogP contribution in [0.1, 0.15) is 32.9 Å². The van der Waals surface area contributed by atoms with Gasteiger partial charge < -0.3 is 15.2 Å². The number of benzene rings is 1. The number of aliphatic hydroxyl groups is 1. The molecule has 34 heavy (non-hydrogen) atoms. The van der Waals surface area contributed by atoms with E-state index in [0.717, 1.165) is 16.8 Å². The largest absolute Gasteiger partial charge is 0.461 e. The van der Waals surface area contributed by atoms with E-state index in [1.54, 1.807) is 12.3 Å². The van der Waals surface area contributed by atoms with Crippen LogP contribution in [0.3, 0.4) is 0 Å². The monoisotopic (exact) mass is 466 g/mol. The fourth-order valence-corrected chi connectivity index (χ4v) is 5.66. The molecule has 1 saturated heterocycles. The van der Waals surface area contributed by atoms with Crippen LogP contribution in [0.2, 0.25) is 0 Å². The Balaban J connectivity index is 1.62. The van der Waals surface area contributed by atoms with Crippen LogP contribution in [0.5, 0.6) is 0 Å². The summed E-state index contributed by atoms with van der Waals surface area (Å²) in [5, 5.41) is 11.9. The molecule has 0 radical (unpaired) electrons. The number of aromatic nitrogens is 1. The first-order valence-electron chi connectivity index (χ1n) is 11.8. The van der Waals surface area contributed by atoms with E-state index in [1.165, 1.54) is 12.1 Å². The first-order chi connectivity index (χ1) is 16.3. The average molecular weight is 467 g/mol. The predicted molar refractivity (Wildman–Crippen MR) is 127 cm³/mol. The van der Waals surface area contributed by atoms with Gasteiger partial charge in [0.2, 0.25) is 5.91 Å². The zero-order valence-corrected chi connectivity index (χ0v) is 19.7. The van der Waals surface area contributed by atoms with Crippen LogP contribution in [0, 0.1) is 34.9 Å². The maximum Gasteiger partial charge on any atom is 0.322 e. The van der Waals surface area contributed by atoms with Gasteiger partial charge in [0.05, 0.1) is 12.3 Å². The van der Waals surface area contributed by atoms with Crippen LogP contribution < -0.4 is 5.32 Å². The Hall–Kier alpha value is -3.06. The minimum atomic E-state index is -1.26. The molecule has 1 unspecified atom stereocenters. The van der Waals surface area contributed by atoms with Gasteiger partial charge in [0.15, 0.2) is 5.41 Å². The number of aliphatic hydroxyl groups excluding tert-OH is 1. The predicted octanol–water partition coefficient (Wildman–Crippen LogP) is 3.85. The van der Waals surface area contributed by atoms with Crippen LogP contribution >= 0.6 is 0 Å². The van der Waals surface area contributed by atoms with E-state index >= 15 is 0 Å². The van der Waals surface area contributed by atoms with Gasteiger partial charge in [0.25, 0.3) is 0 Å². The molecule has 1 aliphatic heterocycles. The van der Waals surface area contributed by atoms with Crippen LogP contribution in [0.25, 0.3) is 17.2 Å². The Bertz CT molecular complexity index is 1090. The Kier molecular flexibility index (Phi) is 6.84. The Morgan fingerprint density at radius 3 is 2.74 bits per heavy atom. The summed E-state index contributed by atoms with van der Waals surface area (Å²) in [6.07, 6.45) is 5.69. The van der Waals surface area contributed by atoms with Crippen molar-refractivity contribution >= 4 is 18.0 Å². The van der Waals surface area contributed by atoms with E-state index in [9.17, 15) is 14.0 Å². The summed E-state index contributed by atoms with van der Waals surface area (Å²) in [7, 11) is 0. The summed E-state index contributed by atoms with van der Waals surface area (Å²) in [4.78, 5) is 30.7. The highest BCUT2D eigenvalue weighted by Gasteiger charge is 2.66. The van der Waals surface area contributed by atoms with Gasteiger partial charge in [-0.1, -0.05) is 38.1 Å². The van der Waals surface area contributed by atoms with Gasteiger partial charge in [-0.2, -0.15) is 0 Å². The quantitative estimate of drug-likeness (QED) is 0.499. The SMILES string of the molecule is C[C@H]1C[C@@]2(C(=O)NCCO)C(=O)O[C@H](C)[C@H]2C(C=Cc2ccc(-c3cccc(F)c3)cn2)[C@@H]1C. The molecule has 1 aromatic carbocycles. The molecule has 0 bridgehead atoms. The number of carbonyl (C=O) groups is 2. The second-order valence-electron chi connectivity index (χ2n) is 9.55. The lowest BCUT2D eigenvalue weighted by Crippen LogP contribution is -2.56. The molecule has 1 aliphatic carbocycles. The van der Waals surface area contributed by atoms with Crippen molar-refractivity contribution in [3.8, 4) is 11.1 Å². The number of hydrogen-bond donors (Lipinski definition) is 2. The van der Waals surface area contributed by atoms with Crippen molar-refractivity contribution in [1.82, 2.24) is 10.3 Å². The fraction of sp³-hybridized carbons (Fsp3) is 0.444. The van der Waals surface area contributed by atoms with E-state index in [0.29, 0.717) is 6.42 Å². The summed E-state index contributed by atoms with van der Waals surface area (Å²) in [6.45, 7) is 5.96. The minimum Gasteiger partial charge on any atom is -0.461 e. The number of rotatable bonds is 6. The summed E-state index contributed by atoms with van der Waals surface area (Å²) in [5.74, 6) is -1.18. The lowest BCUT2D eigenvalue weighted by Gasteiger charge is -2.46. The number of halogens is 1. The van der Waals surface area contributed by atoms with E-state index < -0.39 is 17.5 Å². The number of allylic oxidation sites excluding steroid dienone is 1. The van der Waals surface area contributed by atoms with Crippen molar-refractivity contribution in [2.24, 2.45) is 29.1 Å². The number of fused-ring (bicyclic) bond motifs is 1. The molecular weight excluding hydrogens is 435 g/mol. The van der Waals surface area contributed by atoms with Crippen LogP contribution in [-0.2, 0) is 14.3 Å². The van der Waals surface area contributed by atoms with E-state index in [1.807, 2.05) is 37.3 Å². The third-order valence-electron chi connectivity index (χ3n) is 7.53. The molecule has 0 spiro atoms. The molecule has 6 atom stereocenters. The van der Waals surface area contributed by atoms with E-state index in [4.69, 9.17) is 9.84 Å². The second-order valence-corrected chi connectivity index (χ2v) is 9.55. The highest BCUT2D eigenvalue weighted by molar-refractivity contribution is 6.04. The Labute approximate surface area is 199 Å². The number of ether oxygens (including phenoxy) is 1. The van der Waals surface area contributed by atoms with E-state index in [-0.39, 0.29) is 48.5 Å². The molecule has 7 heteroatoms. The lowest BCUT2D eigenvalue weighted by molar-refractivity contribution is -0.157. The van der Waals surface area contributed by atoms with Crippen molar-refractivity contribution in [3.63, 3.8) is 0 Å². The van der Waals surface area contributed by atoms with Crippen molar-refractivity contribution in [3.05, 3.63) is 60.2 Å². The number of nitrogens with one attached hydrogen (secondary N) is 1. The number of cyclic esters (lactones) is 1. The van der Waals surface area contributed by atoms with Crippen molar-refractivity contribution < 1.29 is 23.8 Å². The topological polar surface area (TPSA) is 88.5 Å². The highest BCUT2D eigenvalue weighted by atomic mass is 19.1. The normalized spacial score (nSPS) is 30.7. The van der Waals surface area contributed by atoms with Crippen molar-refractivity contribution in [2.45, 2.75) is 33.3 Å². The molecule has 2 N–H and O–H groups in total. The molecule has 2 heterocycles. The second kappa shape index (κ2) is 9.66. The first-order valence-corrected chi connectivity index (χ1v) is 11.8. The Morgan fingerprint density at radius 2 is 2.06 bits per heavy atom. The summed E-state index contributed by atoms with van der Waals surface area (Å²) >= 11 is 0. The number of esters is 1. The molecule has 2 aromatic rings. The molecule has 2 fully saturated rings.